The summed E-state index contributed by atoms with van der Waals surface area (Å²) in [7, 11) is 0. The molecular weight excluding hydrogens is 160 g/mol. The van der Waals surface area contributed by atoms with Crippen molar-refractivity contribution < 1.29 is 0 Å². The maximum absolute atomic E-state index is 5.78. The zero-order valence-corrected chi connectivity index (χ0v) is 8.54. The summed E-state index contributed by atoms with van der Waals surface area (Å²) in [6, 6.07) is 0. The third-order valence-corrected chi connectivity index (χ3v) is 3.81. The number of rotatable bonds is 3. The number of nitrogens with two attached hydrogens (primary N) is 1. The fourth-order valence-corrected chi connectivity index (χ4v) is 2.96. The Morgan fingerprint density at radius 2 is 1.69 bits per heavy atom. The van der Waals surface area contributed by atoms with Crippen molar-refractivity contribution in [2.45, 2.75) is 32.1 Å². The molecule has 0 aromatic heterocycles. The molecule has 0 aromatic carbocycles. The Morgan fingerprint density at radius 1 is 1.00 bits per heavy atom. The van der Waals surface area contributed by atoms with Crippen molar-refractivity contribution in [2.75, 3.05) is 26.2 Å². The maximum Gasteiger partial charge on any atom is 0.00128 e. The van der Waals surface area contributed by atoms with Crippen molar-refractivity contribution in [3.05, 3.63) is 0 Å². The summed E-state index contributed by atoms with van der Waals surface area (Å²) in [6.07, 6.45) is 7.06. The Kier molecular flexibility index (Phi) is 3.23. The van der Waals surface area contributed by atoms with Crippen LogP contribution in [0, 0.1) is 11.8 Å². The summed E-state index contributed by atoms with van der Waals surface area (Å²) >= 11 is 0. The molecule has 0 radical (unpaired) electrons. The molecule has 2 heteroatoms. The van der Waals surface area contributed by atoms with E-state index in [1.807, 2.05) is 0 Å². The Labute approximate surface area is 81.5 Å². The first-order chi connectivity index (χ1) is 6.40. The van der Waals surface area contributed by atoms with Crippen LogP contribution in [-0.4, -0.2) is 31.1 Å². The molecule has 0 bridgehead atoms. The Balaban J connectivity index is 1.79. The van der Waals surface area contributed by atoms with Gasteiger partial charge in [-0.05, 0) is 57.2 Å². The predicted molar refractivity (Wildman–Crippen MR) is 55.6 cm³/mol. The van der Waals surface area contributed by atoms with Gasteiger partial charge in [-0.15, -0.1) is 0 Å². The topological polar surface area (TPSA) is 29.3 Å². The molecule has 0 unspecified atom stereocenters. The van der Waals surface area contributed by atoms with Crippen molar-refractivity contribution in [3.8, 4) is 0 Å². The van der Waals surface area contributed by atoms with Crippen LogP contribution in [0.25, 0.3) is 0 Å². The van der Waals surface area contributed by atoms with Gasteiger partial charge in [0.15, 0.2) is 0 Å². The smallest absolute Gasteiger partial charge is 0.00128 e. The number of hydrogen-bond donors (Lipinski definition) is 1. The third-order valence-electron chi connectivity index (χ3n) is 3.81. The van der Waals surface area contributed by atoms with Gasteiger partial charge in [0.25, 0.3) is 0 Å². The number of likely N-dealkylation sites (tertiary alicyclic amines) is 1. The molecule has 0 amide bonds. The van der Waals surface area contributed by atoms with Gasteiger partial charge in [0.1, 0.15) is 0 Å². The zero-order chi connectivity index (χ0) is 9.10. The van der Waals surface area contributed by atoms with E-state index in [2.05, 4.69) is 4.90 Å². The van der Waals surface area contributed by atoms with Crippen molar-refractivity contribution in [2.24, 2.45) is 17.6 Å². The van der Waals surface area contributed by atoms with E-state index in [9.17, 15) is 0 Å². The second-order valence-electron chi connectivity index (χ2n) is 4.69. The molecule has 2 fully saturated rings. The quantitative estimate of drug-likeness (QED) is 0.716. The van der Waals surface area contributed by atoms with Gasteiger partial charge in [-0.3, -0.25) is 0 Å². The molecule has 1 saturated heterocycles. The lowest BCUT2D eigenvalue weighted by molar-refractivity contribution is 0.243. The van der Waals surface area contributed by atoms with E-state index in [0.717, 1.165) is 18.4 Å². The largest absolute Gasteiger partial charge is 0.330 e. The predicted octanol–water partition coefficient (Wildman–Crippen LogP) is 1.46. The van der Waals surface area contributed by atoms with Gasteiger partial charge in [0.2, 0.25) is 0 Å². The lowest BCUT2D eigenvalue weighted by atomic mass is 9.96. The van der Waals surface area contributed by atoms with Gasteiger partial charge in [0.05, 0.1) is 0 Å². The molecule has 2 atom stereocenters. The van der Waals surface area contributed by atoms with Crippen LogP contribution in [0.3, 0.4) is 0 Å². The van der Waals surface area contributed by atoms with Crippen LogP contribution in [-0.2, 0) is 0 Å². The summed E-state index contributed by atoms with van der Waals surface area (Å²) in [4.78, 5) is 2.64. The van der Waals surface area contributed by atoms with Gasteiger partial charge >= 0.3 is 0 Å². The summed E-state index contributed by atoms with van der Waals surface area (Å²) in [5.41, 5.74) is 5.78. The number of nitrogens with zero attached hydrogens (tertiary/aromatic N) is 1. The molecule has 1 aliphatic carbocycles. The van der Waals surface area contributed by atoms with Gasteiger partial charge in [-0.25, -0.2) is 0 Å². The Hall–Kier alpha value is -0.0800. The minimum Gasteiger partial charge on any atom is -0.330 e. The normalized spacial score (nSPS) is 35.8. The SMILES string of the molecule is NC[C@H]1CCC[C@H]1CN1CCCC1. The summed E-state index contributed by atoms with van der Waals surface area (Å²) < 4.78 is 0. The van der Waals surface area contributed by atoms with Crippen molar-refractivity contribution in [1.29, 1.82) is 0 Å². The summed E-state index contributed by atoms with van der Waals surface area (Å²) in [5, 5.41) is 0. The summed E-state index contributed by atoms with van der Waals surface area (Å²) in [6.45, 7) is 4.93. The second-order valence-corrected chi connectivity index (χ2v) is 4.69. The van der Waals surface area contributed by atoms with Crippen LogP contribution in [0.4, 0.5) is 0 Å². The summed E-state index contributed by atoms with van der Waals surface area (Å²) in [5.74, 6) is 1.75. The Morgan fingerprint density at radius 3 is 2.38 bits per heavy atom. The molecule has 76 valence electrons. The van der Waals surface area contributed by atoms with Crippen LogP contribution in [0.15, 0.2) is 0 Å². The minimum atomic E-state index is 0.834. The van der Waals surface area contributed by atoms with Crippen LogP contribution in [0.1, 0.15) is 32.1 Å². The van der Waals surface area contributed by atoms with Crippen molar-refractivity contribution in [3.63, 3.8) is 0 Å². The standard InChI is InChI=1S/C11H22N2/c12-8-10-4-3-5-11(10)9-13-6-1-2-7-13/h10-11H,1-9,12H2/t10-,11+/m1/s1. The van der Waals surface area contributed by atoms with Gasteiger partial charge in [-0.2, -0.15) is 0 Å². The molecule has 0 spiro atoms. The Bertz CT molecular complexity index is 152. The minimum absolute atomic E-state index is 0.834. The maximum atomic E-state index is 5.78. The van der Waals surface area contributed by atoms with Crippen LogP contribution < -0.4 is 5.73 Å². The van der Waals surface area contributed by atoms with Crippen molar-refractivity contribution in [1.82, 2.24) is 4.90 Å². The highest BCUT2D eigenvalue weighted by atomic mass is 15.1. The highest BCUT2D eigenvalue weighted by molar-refractivity contribution is 4.81. The number of hydrogen-bond acceptors (Lipinski definition) is 2. The van der Waals surface area contributed by atoms with Crippen LogP contribution >= 0.6 is 0 Å². The van der Waals surface area contributed by atoms with Gasteiger partial charge in [0, 0.05) is 6.54 Å². The molecule has 1 saturated carbocycles. The molecule has 1 aliphatic heterocycles. The molecule has 2 N–H and O–H groups in total. The highest BCUT2D eigenvalue weighted by Crippen LogP contribution is 2.32. The molecule has 0 aromatic rings. The molecule has 2 aliphatic rings. The average Bonchev–Trinajstić information content (AvgIpc) is 2.76. The fraction of sp³-hybridized carbons (Fsp3) is 1.00. The van der Waals surface area contributed by atoms with E-state index in [4.69, 9.17) is 5.73 Å². The second kappa shape index (κ2) is 4.43. The van der Waals surface area contributed by atoms with E-state index >= 15 is 0 Å². The highest BCUT2D eigenvalue weighted by Gasteiger charge is 2.28. The first kappa shape index (κ1) is 9.47. The van der Waals surface area contributed by atoms with Gasteiger partial charge < -0.3 is 10.6 Å². The van der Waals surface area contributed by atoms with E-state index in [1.165, 1.54) is 51.7 Å². The first-order valence-electron chi connectivity index (χ1n) is 5.82. The van der Waals surface area contributed by atoms with Gasteiger partial charge in [-0.1, -0.05) is 6.42 Å². The first-order valence-corrected chi connectivity index (χ1v) is 5.82. The molecule has 2 nitrogen and oxygen atoms in total. The lowest BCUT2D eigenvalue weighted by Gasteiger charge is -2.24. The van der Waals surface area contributed by atoms with Crippen LogP contribution in [0.5, 0.6) is 0 Å². The fourth-order valence-electron chi connectivity index (χ4n) is 2.96. The molecular formula is C11H22N2. The lowest BCUT2D eigenvalue weighted by Crippen LogP contribution is -2.31. The van der Waals surface area contributed by atoms with E-state index in [1.54, 1.807) is 0 Å². The molecule has 13 heavy (non-hydrogen) atoms. The van der Waals surface area contributed by atoms with E-state index in [-0.39, 0.29) is 0 Å². The van der Waals surface area contributed by atoms with E-state index < -0.39 is 0 Å². The van der Waals surface area contributed by atoms with Crippen molar-refractivity contribution >= 4 is 0 Å². The molecule has 1 heterocycles. The van der Waals surface area contributed by atoms with E-state index in [0.29, 0.717) is 0 Å². The third kappa shape index (κ3) is 2.23. The monoisotopic (exact) mass is 182 g/mol. The van der Waals surface area contributed by atoms with Crippen LogP contribution in [0.2, 0.25) is 0 Å². The average molecular weight is 182 g/mol. The molecule has 2 rings (SSSR count). The zero-order valence-electron chi connectivity index (χ0n) is 8.54.